The smallest absolute Gasteiger partial charge is 0.410 e. The Labute approximate surface area is 99.8 Å². The van der Waals surface area contributed by atoms with E-state index in [-0.39, 0.29) is 13.2 Å². The average Bonchev–Trinajstić information content (AvgIpc) is 2.23. The molecular weight excluding hydrogens is 226 g/mol. The molecule has 0 aromatic rings. The summed E-state index contributed by atoms with van der Waals surface area (Å²) in [4.78, 5) is 23.9. The van der Waals surface area contributed by atoms with Gasteiger partial charge >= 0.3 is 12.1 Å². The summed E-state index contributed by atoms with van der Waals surface area (Å²) in [7, 11) is 0. The minimum Gasteiger partial charge on any atom is -0.479 e. The molecule has 0 saturated carbocycles. The molecule has 1 atom stereocenters. The molecule has 0 aromatic carbocycles. The van der Waals surface area contributed by atoms with E-state index in [9.17, 15) is 9.59 Å². The van der Waals surface area contributed by atoms with Crippen molar-refractivity contribution in [1.29, 1.82) is 0 Å². The van der Waals surface area contributed by atoms with Crippen LogP contribution >= 0.6 is 0 Å². The molecular formula is C11H17NO5. The second kappa shape index (κ2) is 5.18. The molecule has 6 heteroatoms. The molecule has 0 spiro atoms. The van der Waals surface area contributed by atoms with Gasteiger partial charge in [-0.25, -0.2) is 9.59 Å². The highest BCUT2D eigenvalue weighted by Crippen LogP contribution is 2.21. The summed E-state index contributed by atoms with van der Waals surface area (Å²) in [6.07, 6.45) is -0.111. The summed E-state index contributed by atoms with van der Waals surface area (Å²) in [6, 6.07) is 0. The normalized spacial score (nSPS) is 22.9. The quantitative estimate of drug-likeness (QED) is 0.744. The third kappa shape index (κ3) is 3.74. The molecule has 0 bridgehead atoms. The molecule has 1 amide bonds. The molecule has 0 aliphatic carbocycles. The topological polar surface area (TPSA) is 76.1 Å². The van der Waals surface area contributed by atoms with E-state index in [1.165, 1.54) is 11.0 Å². The van der Waals surface area contributed by atoms with Crippen molar-refractivity contribution in [2.45, 2.75) is 25.6 Å². The minimum absolute atomic E-state index is 0.00522. The van der Waals surface area contributed by atoms with Crippen molar-refractivity contribution in [3.8, 4) is 0 Å². The van der Waals surface area contributed by atoms with Crippen LogP contribution in [-0.2, 0) is 14.3 Å². The van der Waals surface area contributed by atoms with Crippen molar-refractivity contribution in [2.24, 2.45) is 0 Å². The van der Waals surface area contributed by atoms with E-state index in [1.807, 2.05) is 0 Å². The van der Waals surface area contributed by atoms with Crippen LogP contribution < -0.4 is 0 Å². The van der Waals surface area contributed by atoms with E-state index in [2.05, 4.69) is 6.58 Å². The van der Waals surface area contributed by atoms with E-state index >= 15 is 0 Å². The lowest BCUT2D eigenvalue weighted by atomic mass is 10.1. The number of aliphatic carboxylic acids is 1. The molecule has 1 unspecified atom stereocenters. The SMILES string of the molecule is C=CCOC(=O)N1CC(C(=O)O)OC(C)(C)C1. The highest BCUT2D eigenvalue weighted by Gasteiger charge is 2.39. The first-order valence-corrected chi connectivity index (χ1v) is 5.29. The Morgan fingerprint density at radius 3 is 2.82 bits per heavy atom. The van der Waals surface area contributed by atoms with Gasteiger partial charge in [0.2, 0.25) is 0 Å². The van der Waals surface area contributed by atoms with E-state index in [1.54, 1.807) is 13.8 Å². The molecule has 1 aliphatic heterocycles. The number of nitrogens with zero attached hydrogens (tertiary/aromatic N) is 1. The maximum absolute atomic E-state index is 11.6. The predicted octanol–water partition coefficient (Wildman–Crippen LogP) is 0.873. The highest BCUT2D eigenvalue weighted by molar-refractivity contribution is 5.75. The summed E-state index contributed by atoms with van der Waals surface area (Å²) in [5, 5.41) is 8.93. The van der Waals surface area contributed by atoms with Gasteiger partial charge in [-0.1, -0.05) is 12.7 Å². The van der Waals surface area contributed by atoms with Gasteiger partial charge < -0.3 is 19.5 Å². The van der Waals surface area contributed by atoms with Gasteiger partial charge in [0, 0.05) is 0 Å². The van der Waals surface area contributed by atoms with Crippen molar-refractivity contribution < 1.29 is 24.2 Å². The molecule has 0 radical (unpaired) electrons. The molecule has 1 N–H and O–H groups in total. The first-order valence-electron chi connectivity index (χ1n) is 5.29. The maximum atomic E-state index is 11.6. The Kier molecular flexibility index (Phi) is 4.11. The number of carbonyl (C=O) groups excluding carboxylic acids is 1. The Hall–Kier alpha value is -1.56. The number of amides is 1. The second-order valence-corrected chi connectivity index (χ2v) is 4.45. The summed E-state index contributed by atoms with van der Waals surface area (Å²) >= 11 is 0. The van der Waals surface area contributed by atoms with E-state index in [4.69, 9.17) is 14.6 Å². The largest absolute Gasteiger partial charge is 0.479 e. The van der Waals surface area contributed by atoms with Crippen LogP contribution in [0.4, 0.5) is 4.79 Å². The molecule has 1 rings (SSSR count). The lowest BCUT2D eigenvalue weighted by Gasteiger charge is -2.40. The van der Waals surface area contributed by atoms with Crippen LogP contribution in [0.25, 0.3) is 0 Å². The van der Waals surface area contributed by atoms with Gasteiger partial charge in [-0.3, -0.25) is 0 Å². The number of carboxylic acid groups (broad SMARTS) is 1. The molecule has 96 valence electrons. The Morgan fingerprint density at radius 1 is 1.65 bits per heavy atom. The lowest BCUT2D eigenvalue weighted by molar-refractivity contribution is -0.175. The predicted molar refractivity (Wildman–Crippen MR) is 59.7 cm³/mol. The average molecular weight is 243 g/mol. The monoisotopic (exact) mass is 243 g/mol. The Bertz CT molecular complexity index is 326. The molecule has 1 fully saturated rings. The van der Waals surface area contributed by atoms with Crippen LogP contribution in [0.1, 0.15) is 13.8 Å². The summed E-state index contributed by atoms with van der Waals surface area (Å²) in [6.45, 7) is 7.30. The number of rotatable bonds is 3. The van der Waals surface area contributed by atoms with Crippen LogP contribution in [-0.4, -0.2) is 53.5 Å². The zero-order valence-electron chi connectivity index (χ0n) is 10.0. The third-order valence-electron chi connectivity index (χ3n) is 2.28. The van der Waals surface area contributed by atoms with Gasteiger partial charge in [0.1, 0.15) is 6.61 Å². The molecule has 17 heavy (non-hydrogen) atoms. The van der Waals surface area contributed by atoms with Crippen LogP contribution in [0.5, 0.6) is 0 Å². The first-order chi connectivity index (χ1) is 7.85. The minimum atomic E-state index is -1.08. The van der Waals surface area contributed by atoms with Crippen molar-refractivity contribution >= 4 is 12.1 Å². The fraction of sp³-hybridized carbons (Fsp3) is 0.636. The summed E-state index contributed by atoms with van der Waals surface area (Å²) < 4.78 is 10.2. The second-order valence-electron chi connectivity index (χ2n) is 4.45. The van der Waals surface area contributed by atoms with E-state index < -0.39 is 23.8 Å². The summed E-state index contributed by atoms with van der Waals surface area (Å²) in [5.74, 6) is -1.08. The summed E-state index contributed by atoms with van der Waals surface area (Å²) in [5.41, 5.74) is -0.700. The molecule has 1 heterocycles. The molecule has 1 aliphatic rings. The van der Waals surface area contributed by atoms with Gasteiger partial charge in [0.25, 0.3) is 0 Å². The zero-order valence-corrected chi connectivity index (χ0v) is 10.0. The third-order valence-corrected chi connectivity index (χ3v) is 2.28. The Morgan fingerprint density at radius 2 is 2.29 bits per heavy atom. The van der Waals surface area contributed by atoms with Crippen molar-refractivity contribution in [2.75, 3.05) is 19.7 Å². The van der Waals surface area contributed by atoms with E-state index in [0.29, 0.717) is 6.54 Å². The standard InChI is InChI=1S/C11H17NO5/c1-4-5-16-10(15)12-6-8(9(13)14)17-11(2,3)7-12/h4,8H,1,5-7H2,2-3H3,(H,13,14). The fourth-order valence-corrected chi connectivity index (χ4v) is 1.67. The zero-order chi connectivity index (χ0) is 13.1. The highest BCUT2D eigenvalue weighted by atomic mass is 16.6. The number of hydrogen-bond donors (Lipinski definition) is 1. The Balaban J connectivity index is 2.69. The van der Waals surface area contributed by atoms with Gasteiger partial charge in [-0.05, 0) is 13.8 Å². The van der Waals surface area contributed by atoms with Crippen LogP contribution in [0, 0.1) is 0 Å². The van der Waals surface area contributed by atoms with Crippen LogP contribution in [0.3, 0.4) is 0 Å². The van der Waals surface area contributed by atoms with Gasteiger partial charge in [0.15, 0.2) is 6.10 Å². The number of carboxylic acids is 1. The maximum Gasteiger partial charge on any atom is 0.410 e. The fourth-order valence-electron chi connectivity index (χ4n) is 1.67. The van der Waals surface area contributed by atoms with Crippen LogP contribution in [0.2, 0.25) is 0 Å². The molecule has 1 saturated heterocycles. The van der Waals surface area contributed by atoms with Crippen molar-refractivity contribution in [3.05, 3.63) is 12.7 Å². The lowest BCUT2D eigenvalue weighted by Crippen LogP contribution is -2.56. The van der Waals surface area contributed by atoms with Gasteiger partial charge in [-0.15, -0.1) is 0 Å². The number of carbonyl (C=O) groups is 2. The van der Waals surface area contributed by atoms with E-state index in [0.717, 1.165) is 0 Å². The van der Waals surface area contributed by atoms with Gasteiger partial charge in [-0.2, -0.15) is 0 Å². The number of ether oxygens (including phenoxy) is 2. The van der Waals surface area contributed by atoms with Crippen molar-refractivity contribution in [1.82, 2.24) is 4.90 Å². The molecule has 6 nitrogen and oxygen atoms in total. The number of morpholine rings is 1. The number of hydrogen-bond acceptors (Lipinski definition) is 4. The van der Waals surface area contributed by atoms with Gasteiger partial charge in [0.05, 0.1) is 18.7 Å². The van der Waals surface area contributed by atoms with Crippen LogP contribution in [0.15, 0.2) is 12.7 Å². The first kappa shape index (κ1) is 13.5. The van der Waals surface area contributed by atoms with Crippen molar-refractivity contribution in [3.63, 3.8) is 0 Å². The molecule has 0 aromatic heterocycles.